The molecule has 1 fully saturated rings. The predicted octanol–water partition coefficient (Wildman–Crippen LogP) is 4.31. The van der Waals surface area contributed by atoms with Crippen LogP contribution in [0.1, 0.15) is 11.1 Å². The van der Waals surface area contributed by atoms with Gasteiger partial charge in [0.15, 0.2) is 4.32 Å². The van der Waals surface area contributed by atoms with E-state index >= 15 is 0 Å². The van der Waals surface area contributed by atoms with E-state index in [9.17, 15) is 14.9 Å². The number of thiocarbonyl (C=S) groups is 1. The highest BCUT2D eigenvalue weighted by atomic mass is 32.2. The van der Waals surface area contributed by atoms with Crippen LogP contribution < -0.4 is 4.90 Å². The van der Waals surface area contributed by atoms with E-state index in [1.807, 2.05) is 31.2 Å². The van der Waals surface area contributed by atoms with E-state index < -0.39 is 4.92 Å². The maximum absolute atomic E-state index is 12.6. The number of benzene rings is 2. The van der Waals surface area contributed by atoms with Gasteiger partial charge in [0.05, 0.1) is 15.5 Å². The molecule has 1 amide bonds. The Hall–Kier alpha value is -2.51. The van der Waals surface area contributed by atoms with Crippen LogP contribution in [0.25, 0.3) is 6.08 Å². The van der Waals surface area contributed by atoms with Crippen molar-refractivity contribution in [2.75, 3.05) is 4.90 Å². The minimum Gasteiger partial charge on any atom is -0.268 e. The highest BCUT2D eigenvalue weighted by Crippen LogP contribution is 2.36. The lowest BCUT2D eigenvalue weighted by atomic mass is 10.1. The average Bonchev–Trinajstić information content (AvgIpc) is 2.83. The monoisotopic (exact) mass is 356 g/mol. The van der Waals surface area contributed by atoms with Gasteiger partial charge in [0.1, 0.15) is 0 Å². The molecule has 120 valence electrons. The summed E-state index contributed by atoms with van der Waals surface area (Å²) in [5, 5.41) is 10.9. The number of rotatable bonds is 3. The van der Waals surface area contributed by atoms with Gasteiger partial charge in [-0.2, -0.15) is 0 Å². The predicted molar refractivity (Wildman–Crippen MR) is 99.9 cm³/mol. The summed E-state index contributed by atoms with van der Waals surface area (Å²) in [7, 11) is 0. The Morgan fingerprint density at radius 2 is 1.92 bits per heavy atom. The molecule has 0 bridgehead atoms. The summed E-state index contributed by atoms with van der Waals surface area (Å²) in [4.78, 5) is 24.9. The van der Waals surface area contributed by atoms with Crippen molar-refractivity contribution < 1.29 is 9.72 Å². The number of hydrogen-bond donors (Lipinski definition) is 0. The van der Waals surface area contributed by atoms with Crippen LogP contribution in [0.4, 0.5) is 11.4 Å². The molecule has 1 aliphatic rings. The molecule has 1 heterocycles. The quantitative estimate of drug-likeness (QED) is 0.355. The third-order valence-electron chi connectivity index (χ3n) is 3.47. The Balaban J connectivity index is 1.93. The van der Waals surface area contributed by atoms with Crippen LogP contribution in [0, 0.1) is 17.0 Å². The Morgan fingerprint density at radius 1 is 1.21 bits per heavy atom. The summed E-state index contributed by atoms with van der Waals surface area (Å²) in [6.07, 6.45) is 1.77. The second kappa shape index (κ2) is 6.54. The lowest BCUT2D eigenvalue weighted by Crippen LogP contribution is -2.27. The number of aryl methyl sites for hydroxylation is 1. The second-order valence-corrected chi connectivity index (χ2v) is 6.88. The van der Waals surface area contributed by atoms with E-state index in [1.165, 1.54) is 34.9 Å². The molecule has 1 aliphatic heterocycles. The fourth-order valence-corrected chi connectivity index (χ4v) is 3.55. The highest BCUT2D eigenvalue weighted by molar-refractivity contribution is 8.27. The Labute approximate surface area is 148 Å². The maximum Gasteiger partial charge on any atom is 0.271 e. The molecule has 0 unspecified atom stereocenters. The third-order valence-corrected chi connectivity index (χ3v) is 4.77. The van der Waals surface area contributed by atoms with Gasteiger partial charge in [-0.25, -0.2) is 0 Å². The summed E-state index contributed by atoms with van der Waals surface area (Å²) in [6.45, 7) is 1.99. The molecule has 0 N–H and O–H groups in total. The van der Waals surface area contributed by atoms with Crippen LogP contribution >= 0.6 is 24.0 Å². The molecule has 2 aromatic carbocycles. The average molecular weight is 356 g/mol. The van der Waals surface area contributed by atoms with Gasteiger partial charge in [-0.15, -0.1) is 0 Å². The number of carbonyl (C=O) groups is 1. The van der Waals surface area contributed by atoms with E-state index in [0.29, 0.717) is 14.9 Å². The molecule has 0 aromatic heterocycles. The number of hydrogen-bond acceptors (Lipinski definition) is 5. The summed E-state index contributed by atoms with van der Waals surface area (Å²) in [5.41, 5.74) is 2.36. The Kier molecular flexibility index (Phi) is 4.46. The van der Waals surface area contributed by atoms with E-state index in [2.05, 4.69) is 0 Å². The Morgan fingerprint density at radius 3 is 2.58 bits per heavy atom. The first-order valence-corrected chi connectivity index (χ1v) is 8.27. The molecular weight excluding hydrogens is 344 g/mol. The molecule has 0 atom stereocenters. The summed E-state index contributed by atoms with van der Waals surface area (Å²) in [5.74, 6) is -0.272. The normalized spacial score (nSPS) is 16.0. The van der Waals surface area contributed by atoms with Crippen molar-refractivity contribution in [3.63, 3.8) is 0 Å². The van der Waals surface area contributed by atoms with Crippen LogP contribution in [-0.4, -0.2) is 15.2 Å². The standard InChI is InChI=1S/C17H12N2O3S2/c1-11-5-7-12(8-6-11)9-15-16(20)18(17(23)24-15)13-3-2-4-14(10-13)19(21)22/h2-10H,1H3. The zero-order valence-electron chi connectivity index (χ0n) is 12.6. The highest BCUT2D eigenvalue weighted by Gasteiger charge is 2.33. The molecule has 24 heavy (non-hydrogen) atoms. The Bertz CT molecular complexity index is 876. The lowest BCUT2D eigenvalue weighted by molar-refractivity contribution is -0.384. The second-order valence-electron chi connectivity index (χ2n) is 5.20. The molecule has 0 saturated carbocycles. The van der Waals surface area contributed by atoms with Crippen molar-refractivity contribution in [2.45, 2.75) is 6.92 Å². The maximum atomic E-state index is 12.6. The summed E-state index contributed by atoms with van der Waals surface area (Å²) >= 11 is 6.47. The third kappa shape index (κ3) is 3.22. The lowest BCUT2D eigenvalue weighted by Gasteiger charge is -2.13. The van der Waals surface area contributed by atoms with Crippen molar-refractivity contribution >= 4 is 51.7 Å². The summed E-state index contributed by atoms with van der Waals surface area (Å²) < 4.78 is 0.360. The molecule has 0 spiro atoms. The van der Waals surface area contributed by atoms with Crippen LogP contribution in [-0.2, 0) is 4.79 Å². The number of nitrogens with zero attached hydrogens (tertiary/aromatic N) is 2. The molecule has 3 rings (SSSR count). The van der Waals surface area contributed by atoms with E-state index in [0.717, 1.165) is 11.1 Å². The minimum atomic E-state index is -0.497. The van der Waals surface area contributed by atoms with Gasteiger partial charge in [0.2, 0.25) is 0 Å². The number of anilines is 1. The zero-order valence-corrected chi connectivity index (χ0v) is 14.3. The van der Waals surface area contributed by atoms with Crippen LogP contribution in [0.2, 0.25) is 0 Å². The van der Waals surface area contributed by atoms with Crippen LogP contribution in [0.15, 0.2) is 53.4 Å². The molecule has 1 saturated heterocycles. The topological polar surface area (TPSA) is 63.4 Å². The van der Waals surface area contributed by atoms with Crippen molar-refractivity contribution in [3.8, 4) is 0 Å². The van der Waals surface area contributed by atoms with Gasteiger partial charge < -0.3 is 0 Å². The SMILES string of the molecule is Cc1ccc(C=C2SC(=S)N(c3cccc([N+](=O)[O-])c3)C2=O)cc1. The number of nitro benzene ring substituents is 1. The van der Waals surface area contributed by atoms with E-state index in [4.69, 9.17) is 12.2 Å². The number of non-ortho nitro benzene ring substituents is 1. The van der Waals surface area contributed by atoms with Gasteiger partial charge in [0.25, 0.3) is 11.6 Å². The van der Waals surface area contributed by atoms with Crippen LogP contribution in [0.3, 0.4) is 0 Å². The minimum absolute atomic E-state index is 0.0796. The molecule has 0 radical (unpaired) electrons. The smallest absolute Gasteiger partial charge is 0.268 e. The van der Waals surface area contributed by atoms with Gasteiger partial charge >= 0.3 is 0 Å². The van der Waals surface area contributed by atoms with Gasteiger partial charge in [0, 0.05) is 12.1 Å². The van der Waals surface area contributed by atoms with Crippen LogP contribution in [0.5, 0.6) is 0 Å². The van der Waals surface area contributed by atoms with E-state index in [-0.39, 0.29) is 11.6 Å². The van der Waals surface area contributed by atoms with Gasteiger partial charge in [-0.05, 0) is 24.6 Å². The number of carbonyl (C=O) groups excluding carboxylic acids is 1. The molecule has 5 nitrogen and oxygen atoms in total. The number of nitro groups is 1. The molecule has 2 aromatic rings. The zero-order chi connectivity index (χ0) is 17.3. The number of amides is 1. The number of thioether (sulfide) groups is 1. The molecule has 0 aliphatic carbocycles. The van der Waals surface area contributed by atoms with E-state index in [1.54, 1.807) is 12.1 Å². The summed E-state index contributed by atoms with van der Waals surface area (Å²) in [6, 6.07) is 13.7. The van der Waals surface area contributed by atoms with Crippen molar-refractivity contribution in [3.05, 3.63) is 74.7 Å². The fourth-order valence-electron chi connectivity index (χ4n) is 2.25. The first kappa shape index (κ1) is 16.4. The van der Waals surface area contributed by atoms with Gasteiger partial charge in [-0.1, -0.05) is 59.9 Å². The fraction of sp³-hybridized carbons (Fsp3) is 0.0588. The first-order valence-electron chi connectivity index (χ1n) is 7.05. The van der Waals surface area contributed by atoms with Gasteiger partial charge in [-0.3, -0.25) is 19.8 Å². The largest absolute Gasteiger partial charge is 0.271 e. The van der Waals surface area contributed by atoms with Crippen molar-refractivity contribution in [1.82, 2.24) is 0 Å². The van der Waals surface area contributed by atoms with Crippen molar-refractivity contribution in [1.29, 1.82) is 0 Å². The van der Waals surface area contributed by atoms with Crippen molar-refractivity contribution in [2.24, 2.45) is 0 Å². The molecular formula is C17H12N2O3S2. The molecule has 7 heteroatoms. The first-order chi connectivity index (χ1) is 11.5.